The zero-order valence-corrected chi connectivity index (χ0v) is 9.97. The van der Waals surface area contributed by atoms with E-state index in [2.05, 4.69) is 10.4 Å². The summed E-state index contributed by atoms with van der Waals surface area (Å²) in [5.41, 5.74) is -0.844. The van der Waals surface area contributed by atoms with Gasteiger partial charge in [-0.25, -0.2) is 9.48 Å². The van der Waals surface area contributed by atoms with Gasteiger partial charge in [0.2, 0.25) is 5.82 Å². The standard InChI is InChI=1S/C10H16N4O3/c1-13-9(15)8(12-14(2)10(13)16)11-6-7-4-3-5-17-7/h7H,3-6H2,1-2H3,(H,11,12)/t7-/m1/s1. The van der Waals surface area contributed by atoms with Crippen LogP contribution in [0.2, 0.25) is 0 Å². The zero-order valence-electron chi connectivity index (χ0n) is 9.97. The van der Waals surface area contributed by atoms with Crippen molar-refractivity contribution in [3.8, 4) is 0 Å². The van der Waals surface area contributed by atoms with E-state index in [4.69, 9.17) is 4.74 Å². The lowest BCUT2D eigenvalue weighted by Gasteiger charge is -2.11. The number of ether oxygens (including phenoxy) is 1. The Kier molecular flexibility index (Phi) is 3.28. The van der Waals surface area contributed by atoms with E-state index in [1.165, 1.54) is 14.1 Å². The molecular formula is C10H16N4O3. The number of nitrogens with one attached hydrogen (secondary N) is 1. The first-order valence-corrected chi connectivity index (χ1v) is 5.59. The second kappa shape index (κ2) is 4.70. The lowest BCUT2D eigenvalue weighted by molar-refractivity contribution is 0.120. The molecule has 1 saturated heterocycles. The average Bonchev–Trinajstić information content (AvgIpc) is 2.82. The highest BCUT2D eigenvalue weighted by Gasteiger charge is 2.16. The van der Waals surface area contributed by atoms with Crippen molar-refractivity contribution in [2.45, 2.75) is 18.9 Å². The Hall–Kier alpha value is -1.63. The summed E-state index contributed by atoms with van der Waals surface area (Å²) in [5.74, 6) is 0.185. The van der Waals surface area contributed by atoms with Gasteiger partial charge in [-0.15, -0.1) is 5.10 Å². The molecule has 7 nitrogen and oxygen atoms in total. The molecule has 1 aliphatic heterocycles. The van der Waals surface area contributed by atoms with Gasteiger partial charge in [0.1, 0.15) is 0 Å². The molecule has 2 heterocycles. The smallest absolute Gasteiger partial charge is 0.346 e. The summed E-state index contributed by atoms with van der Waals surface area (Å²) in [7, 11) is 2.95. The normalized spacial score (nSPS) is 19.5. The van der Waals surface area contributed by atoms with E-state index in [1.54, 1.807) is 0 Å². The van der Waals surface area contributed by atoms with Crippen LogP contribution in [0, 0.1) is 0 Å². The molecule has 1 atom stereocenters. The number of hydrogen-bond donors (Lipinski definition) is 1. The molecule has 0 bridgehead atoms. The zero-order chi connectivity index (χ0) is 12.4. The molecule has 1 N–H and O–H groups in total. The third-order valence-electron chi connectivity index (χ3n) is 2.84. The van der Waals surface area contributed by atoms with Crippen molar-refractivity contribution in [2.75, 3.05) is 18.5 Å². The molecule has 0 spiro atoms. The van der Waals surface area contributed by atoms with Crippen molar-refractivity contribution in [3.05, 3.63) is 20.8 Å². The van der Waals surface area contributed by atoms with Gasteiger partial charge in [0.15, 0.2) is 0 Å². The van der Waals surface area contributed by atoms with E-state index in [0.717, 1.165) is 28.7 Å². The molecule has 2 rings (SSSR count). The highest BCUT2D eigenvalue weighted by atomic mass is 16.5. The molecular weight excluding hydrogens is 224 g/mol. The summed E-state index contributed by atoms with van der Waals surface area (Å²) in [6, 6.07) is 0. The summed E-state index contributed by atoms with van der Waals surface area (Å²) >= 11 is 0. The molecule has 1 aromatic heterocycles. The van der Waals surface area contributed by atoms with Crippen LogP contribution < -0.4 is 16.6 Å². The van der Waals surface area contributed by atoms with E-state index in [9.17, 15) is 9.59 Å². The highest BCUT2D eigenvalue weighted by Crippen LogP contribution is 2.11. The molecule has 17 heavy (non-hydrogen) atoms. The third kappa shape index (κ3) is 2.38. The second-order valence-electron chi connectivity index (χ2n) is 4.13. The maximum atomic E-state index is 11.7. The van der Waals surface area contributed by atoms with Crippen LogP contribution in [-0.2, 0) is 18.8 Å². The molecule has 1 aliphatic rings. The Labute approximate surface area is 98.0 Å². The van der Waals surface area contributed by atoms with Crippen LogP contribution in [0.25, 0.3) is 0 Å². The van der Waals surface area contributed by atoms with E-state index >= 15 is 0 Å². The first kappa shape index (κ1) is 11.8. The van der Waals surface area contributed by atoms with Crippen LogP contribution in [0.4, 0.5) is 5.82 Å². The van der Waals surface area contributed by atoms with E-state index in [0.29, 0.717) is 6.54 Å². The predicted octanol–water partition coefficient (Wildman–Crippen LogP) is -0.930. The van der Waals surface area contributed by atoms with Gasteiger partial charge in [0.25, 0.3) is 5.56 Å². The summed E-state index contributed by atoms with van der Waals surface area (Å²) in [6.07, 6.45) is 2.16. The van der Waals surface area contributed by atoms with Crippen LogP contribution >= 0.6 is 0 Å². The first-order chi connectivity index (χ1) is 8.09. The summed E-state index contributed by atoms with van der Waals surface area (Å²) in [5, 5.41) is 6.83. The van der Waals surface area contributed by atoms with Gasteiger partial charge in [-0.2, -0.15) is 0 Å². The molecule has 1 fully saturated rings. The van der Waals surface area contributed by atoms with Crippen molar-refractivity contribution < 1.29 is 4.74 Å². The summed E-state index contributed by atoms with van der Waals surface area (Å²) in [6.45, 7) is 1.31. The van der Waals surface area contributed by atoms with Crippen molar-refractivity contribution in [2.24, 2.45) is 14.1 Å². The van der Waals surface area contributed by atoms with E-state index < -0.39 is 11.2 Å². The van der Waals surface area contributed by atoms with Crippen LogP contribution in [0.1, 0.15) is 12.8 Å². The van der Waals surface area contributed by atoms with Gasteiger partial charge < -0.3 is 10.1 Å². The van der Waals surface area contributed by atoms with Gasteiger partial charge in [0, 0.05) is 27.2 Å². The van der Waals surface area contributed by atoms with Gasteiger partial charge in [0.05, 0.1) is 6.10 Å². The number of aromatic nitrogens is 3. The minimum absolute atomic E-state index is 0.124. The third-order valence-corrected chi connectivity index (χ3v) is 2.84. The Morgan fingerprint density at radius 3 is 2.88 bits per heavy atom. The largest absolute Gasteiger partial charge is 0.376 e. The molecule has 0 saturated carbocycles. The molecule has 1 aromatic rings. The van der Waals surface area contributed by atoms with Crippen LogP contribution in [0.15, 0.2) is 9.59 Å². The van der Waals surface area contributed by atoms with Gasteiger partial charge in [-0.05, 0) is 12.8 Å². The highest BCUT2D eigenvalue weighted by molar-refractivity contribution is 5.29. The fraction of sp³-hybridized carbons (Fsp3) is 0.700. The van der Waals surface area contributed by atoms with Crippen molar-refractivity contribution in [1.82, 2.24) is 14.3 Å². The monoisotopic (exact) mass is 240 g/mol. The lowest BCUT2D eigenvalue weighted by Crippen LogP contribution is -2.40. The Balaban J connectivity index is 2.15. The Morgan fingerprint density at radius 1 is 1.47 bits per heavy atom. The number of anilines is 1. The minimum atomic E-state index is -0.433. The molecule has 0 amide bonds. The Bertz CT molecular complexity index is 513. The van der Waals surface area contributed by atoms with E-state index in [1.807, 2.05) is 0 Å². The second-order valence-corrected chi connectivity index (χ2v) is 4.13. The number of hydrogen-bond acceptors (Lipinski definition) is 5. The van der Waals surface area contributed by atoms with Gasteiger partial charge in [-0.3, -0.25) is 9.36 Å². The van der Waals surface area contributed by atoms with Crippen molar-refractivity contribution >= 4 is 5.82 Å². The van der Waals surface area contributed by atoms with E-state index in [-0.39, 0.29) is 11.9 Å². The number of rotatable bonds is 3. The molecule has 0 aliphatic carbocycles. The molecule has 94 valence electrons. The molecule has 0 unspecified atom stereocenters. The average molecular weight is 240 g/mol. The quantitative estimate of drug-likeness (QED) is 0.738. The fourth-order valence-corrected chi connectivity index (χ4v) is 1.83. The SMILES string of the molecule is Cn1nc(NC[C@H]2CCCO2)c(=O)n(C)c1=O. The number of nitrogens with zero attached hydrogens (tertiary/aromatic N) is 3. The summed E-state index contributed by atoms with van der Waals surface area (Å²) in [4.78, 5) is 23.1. The van der Waals surface area contributed by atoms with Crippen molar-refractivity contribution in [1.29, 1.82) is 0 Å². The molecule has 0 aromatic carbocycles. The van der Waals surface area contributed by atoms with Crippen molar-refractivity contribution in [3.63, 3.8) is 0 Å². The minimum Gasteiger partial charge on any atom is -0.376 e. The number of aryl methyl sites for hydroxylation is 1. The van der Waals surface area contributed by atoms with Crippen LogP contribution in [-0.4, -0.2) is 33.6 Å². The van der Waals surface area contributed by atoms with Gasteiger partial charge >= 0.3 is 5.69 Å². The predicted molar refractivity (Wildman–Crippen MR) is 62.2 cm³/mol. The fourth-order valence-electron chi connectivity index (χ4n) is 1.83. The molecule has 7 heteroatoms. The Morgan fingerprint density at radius 2 is 2.24 bits per heavy atom. The maximum Gasteiger partial charge on any atom is 0.346 e. The lowest BCUT2D eigenvalue weighted by atomic mass is 10.2. The molecule has 0 radical (unpaired) electrons. The van der Waals surface area contributed by atoms with Gasteiger partial charge in [-0.1, -0.05) is 0 Å². The van der Waals surface area contributed by atoms with Crippen LogP contribution in [0.3, 0.4) is 0 Å². The summed E-state index contributed by atoms with van der Waals surface area (Å²) < 4.78 is 7.60. The first-order valence-electron chi connectivity index (χ1n) is 5.59. The van der Waals surface area contributed by atoms with Crippen LogP contribution in [0.5, 0.6) is 0 Å². The maximum absolute atomic E-state index is 11.7. The topological polar surface area (TPSA) is 78.2 Å².